The van der Waals surface area contributed by atoms with Crippen molar-refractivity contribution in [2.75, 3.05) is 7.05 Å². The van der Waals surface area contributed by atoms with E-state index in [1.165, 1.54) is 7.05 Å². The number of benzene rings is 1. The zero-order valence-corrected chi connectivity index (χ0v) is 12.5. The van der Waals surface area contributed by atoms with Gasteiger partial charge in [-0.2, -0.15) is 0 Å². The Balaban J connectivity index is 3.01. The van der Waals surface area contributed by atoms with Gasteiger partial charge in [0.05, 0.1) is 4.90 Å². The first kappa shape index (κ1) is 14.7. The lowest BCUT2D eigenvalue weighted by Gasteiger charge is -2.12. The Hall–Kier alpha value is -0.390. The molecule has 0 bridgehead atoms. The maximum absolute atomic E-state index is 11.8. The van der Waals surface area contributed by atoms with Gasteiger partial charge in [-0.1, -0.05) is 47.5 Å². The van der Waals surface area contributed by atoms with Gasteiger partial charge in [0.15, 0.2) is 0 Å². The molecule has 0 saturated carbocycles. The predicted molar refractivity (Wildman–Crippen MR) is 74.0 cm³/mol. The molecule has 1 unspecified atom stereocenters. The molecule has 1 atom stereocenters. The van der Waals surface area contributed by atoms with Gasteiger partial charge in [0.25, 0.3) is 0 Å². The summed E-state index contributed by atoms with van der Waals surface area (Å²) in [6.45, 7) is 2.12. The first-order valence-corrected chi connectivity index (χ1v) is 8.06. The van der Waals surface area contributed by atoms with Gasteiger partial charge in [-0.3, -0.25) is 0 Å². The van der Waals surface area contributed by atoms with Crippen molar-refractivity contribution in [1.82, 2.24) is 4.72 Å². The number of rotatable bonds is 6. The normalized spacial score (nSPS) is 13.6. The zero-order chi connectivity index (χ0) is 12.9. The van der Waals surface area contributed by atoms with Crippen molar-refractivity contribution < 1.29 is 8.42 Å². The molecule has 0 radical (unpaired) electrons. The van der Waals surface area contributed by atoms with Crippen LogP contribution in [0.5, 0.6) is 0 Å². The third-order valence-electron chi connectivity index (χ3n) is 2.57. The fourth-order valence-electron chi connectivity index (χ4n) is 1.70. The van der Waals surface area contributed by atoms with Crippen LogP contribution in [0.25, 0.3) is 0 Å². The van der Waals surface area contributed by atoms with E-state index >= 15 is 0 Å². The highest BCUT2D eigenvalue weighted by molar-refractivity contribution is 9.09. The Labute approximate surface area is 112 Å². The molecule has 1 aromatic carbocycles. The van der Waals surface area contributed by atoms with Crippen molar-refractivity contribution in [3.8, 4) is 0 Å². The van der Waals surface area contributed by atoms with E-state index in [1.54, 1.807) is 12.1 Å². The van der Waals surface area contributed by atoms with Crippen LogP contribution in [0.1, 0.15) is 25.3 Å². The van der Waals surface area contributed by atoms with Crippen LogP contribution in [0.4, 0.5) is 0 Å². The topological polar surface area (TPSA) is 46.2 Å². The minimum Gasteiger partial charge on any atom is -0.214 e. The summed E-state index contributed by atoms with van der Waals surface area (Å²) < 4.78 is 26.0. The molecule has 96 valence electrons. The molecule has 0 amide bonds. The van der Waals surface area contributed by atoms with E-state index in [0.717, 1.165) is 24.8 Å². The number of alkyl halides is 1. The van der Waals surface area contributed by atoms with Crippen molar-refractivity contribution in [3.63, 3.8) is 0 Å². The molecular formula is C12H18BrNO2S. The monoisotopic (exact) mass is 319 g/mol. The molecule has 0 aromatic heterocycles. The number of hydrogen-bond acceptors (Lipinski definition) is 2. The predicted octanol–water partition coefficient (Wildman–Crippen LogP) is 2.70. The summed E-state index contributed by atoms with van der Waals surface area (Å²) in [5.41, 5.74) is 0.858. The smallest absolute Gasteiger partial charge is 0.214 e. The Morgan fingerprint density at radius 2 is 2.00 bits per heavy atom. The Bertz CT molecular complexity index is 459. The molecule has 1 N–H and O–H groups in total. The molecule has 3 nitrogen and oxygen atoms in total. The van der Waals surface area contributed by atoms with Gasteiger partial charge in [-0.25, -0.2) is 13.1 Å². The number of hydrogen-bond donors (Lipinski definition) is 1. The fourth-order valence-corrected chi connectivity index (χ4v) is 3.48. The molecule has 0 saturated heterocycles. The van der Waals surface area contributed by atoms with Gasteiger partial charge in [-0.05, 0) is 31.5 Å². The fraction of sp³-hybridized carbons (Fsp3) is 0.500. The number of halogens is 1. The van der Waals surface area contributed by atoms with Crippen LogP contribution in [0.15, 0.2) is 29.2 Å². The average molecular weight is 320 g/mol. The molecule has 1 aromatic rings. The van der Waals surface area contributed by atoms with E-state index in [2.05, 4.69) is 27.6 Å². The third kappa shape index (κ3) is 4.08. The first-order chi connectivity index (χ1) is 8.01. The molecule has 0 fully saturated rings. The largest absolute Gasteiger partial charge is 0.240 e. The molecule has 0 heterocycles. The van der Waals surface area contributed by atoms with Crippen molar-refractivity contribution >= 4 is 26.0 Å². The van der Waals surface area contributed by atoms with Gasteiger partial charge < -0.3 is 0 Å². The van der Waals surface area contributed by atoms with E-state index in [1.807, 2.05) is 12.1 Å². The van der Waals surface area contributed by atoms with E-state index in [9.17, 15) is 8.42 Å². The first-order valence-electron chi connectivity index (χ1n) is 5.66. The summed E-state index contributed by atoms with van der Waals surface area (Å²) in [7, 11) is -1.93. The van der Waals surface area contributed by atoms with Crippen LogP contribution >= 0.6 is 15.9 Å². The lowest BCUT2D eigenvalue weighted by molar-refractivity contribution is 0.586. The second-order valence-electron chi connectivity index (χ2n) is 3.91. The van der Waals surface area contributed by atoms with Gasteiger partial charge >= 0.3 is 0 Å². The molecule has 0 aliphatic heterocycles. The van der Waals surface area contributed by atoms with Gasteiger partial charge in [-0.15, -0.1) is 0 Å². The van der Waals surface area contributed by atoms with Crippen LogP contribution in [0.3, 0.4) is 0 Å². The van der Waals surface area contributed by atoms with Gasteiger partial charge in [0.1, 0.15) is 0 Å². The van der Waals surface area contributed by atoms with Crippen molar-refractivity contribution in [2.45, 2.75) is 35.9 Å². The van der Waals surface area contributed by atoms with Crippen LogP contribution in [0.2, 0.25) is 0 Å². The van der Waals surface area contributed by atoms with Crippen molar-refractivity contribution in [1.29, 1.82) is 0 Å². The second kappa shape index (κ2) is 6.52. The molecular weight excluding hydrogens is 302 g/mol. The third-order valence-corrected chi connectivity index (χ3v) is 4.87. The maximum Gasteiger partial charge on any atom is 0.240 e. The van der Waals surface area contributed by atoms with Crippen LogP contribution in [-0.2, 0) is 16.4 Å². The van der Waals surface area contributed by atoms with E-state index in [-0.39, 0.29) is 0 Å². The van der Waals surface area contributed by atoms with Gasteiger partial charge in [0, 0.05) is 4.83 Å². The Morgan fingerprint density at radius 1 is 1.35 bits per heavy atom. The van der Waals surface area contributed by atoms with Crippen LogP contribution in [0, 0.1) is 0 Å². The van der Waals surface area contributed by atoms with E-state index in [4.69, 9.17) is 0 Å². The van der Waals surface area contributed by atoms with Crippen molar-refractivity contribution in [3.05, 3.63) is 29.8 Å². The highest BCUT2D eigenvalue weighted by Gasteiger charge is 2.17. The molecule has 1 rings (SSSR count). The summed E-state index contributed by atoms with van der Waals surface area (Å²) in [6, 6.07) is 7.13. The van der Waals surface area contributed by atoms with Crippen LogP contribution in [-0.4, -0.2) is 20.3 Å². The van der Waals surface area contributed by atoms with E-state index in [0.29, 0.717) is 9.72 Å². The summed E-state index contributed by atoms with van der Waals surface area (Å²) in [5, 5.41) is 0. The number of sulfonamides is 1. The Morgan fingerprint density at radius 3 is 2.59 bits per heavy atom. The SMILES string of the molecule is CCCC(Br)Cc1ccccc1S(=O)(=O)NC. The second-order valence-corrected chi connectivity index (χ2v) is 7.06. The van der Waals surface area contributed by atoms with Gasteiger partial charge in [0.2, 0.25) is 10.0 Å². The molecule has 0 aliphatic carbocycles. The maximum atomic E-state index is 11.8. The standard InChI is InChI=1S/C12H18BrNO2S/c1-3-6-11(13)9-10-7-4-5-8-12(10)17(15,16)14-2/h4-5,7-8,11,14H,3,6,9H2,1-2H3. The highest BCUT2D eigenvalue weighted by Crippen LogP contribution is 2.21. The molecule has 0 spiro atoms. The lowest BCUT2D eigenvalue weighted by Crippen LogP contribution is -2.20. The molecule has 17 heavy (non-hydrogen) atoms. The average Bonchev–Trinajstić information content (AvgIpc) is 2.30. The number of nitrogens with one attached hydrogen (secondary N) is 1. The molecule has 0 aliphatic rings. The van der Waals surface area contributed by atoms with Crippen LogP contribution < -0.4 is 4.72 Å². The summed E-state index contributed by atoms with van der Waals surface area (Å²) in [4.78, 5) is 0.698. The molecule has 5 heteroatoms. The van der Waals surface area contributed by atoms with Crippen molar-refractivity contribution in [2.24, 2.45) is 0 Å². The Kier molecular flexibility index (Phi) is 5.62. The zero-order valence-electron chi connectivity index (χ0n) is 10.1. The minimum atomic E-state index is -3.36. The lowest BCUT2D eigenvalue weighted by atomic mass is 10.1. The quantitative estimate of drug-likeness (QED) is 0.819. The summed E-state index contributed by atoms with van der Waals surface area (Å²) in [5.74, 6) is 0. The highest BCUT2D eigenvalue weighted by atomic mass is 79.9. The summed E-state index contributed by atoms with van der Waals surface area (Å²) >= 11 is 3.58. The van der Waals surface area contributed by atoms with E-state index < -0.39 is 10.0 Å². The summed E-state index contributed by atoms with van der Waals surface area (Å²) in [6.07, 6.45) is 2.84. The minimum absolute atomic E-state index is 0.320.